The van der Waals surface area contributed by atoms with Gasteiger partial charge in [0.2, 0.25) is 0 Å². The zero-order valence-electron chi connectivity index (χ0n) is 6.24. The molecule has 0 bridgehead atoms. The van der Waals surface area contributed by atoms with E-state index in [2.05, 4.69) is 28.3 Å². The molecule has 2 aromatic rings. The SMILES string of the molecule is ClC(c1ccsc1)c1cccs1. The fourth-order valence-corrected chi connectivity index (χ4v) is 2.87. The molecule has 0 fully saturated rings. The van der Waals surface area contributed by atoms with E-state index in [1.807, 2.05) is 6.07 Å². The van der Waals surface area contributed by atoms with Crippen molar-refractivity contribution in [1.29, 1.82) is 0 Å². The van der Waals surface area contributed by atoms with Crippen molar-refractivity contribution in [2.24, 2.45) is 0 Å². The fourth-order valence-electron chi connectivity index (χ4n) is 1.02. The van der Waals surface area contributed by atoms with Gasteiger partial charge in [-0.25, -0.2) is 0 Å². The van der Waals surface area contributed by atoms with Gasteiger partial charge >= 0.3 is 0 Å². The Balaban J connectivity index is 2.27. The molecule has 0 aliphatic rings. The Labute approximate surface area is 84.4 Å². The van der Waals surface area contributed by atoms with Crippen LogP contribution in [0.1, 0.15) is 15.8 Å². The lowest BCUT2D eigenvalue weighted by Gasteiger charge is -2.02. The summed E-state index contributed by atoms with van der Waals surface area (Å²) in [5.41, 5.74) is 1.20. The highest BCUT2D eigenvalue weighted by molar-refractivity contribution is 7.10. The van der Waals surface area contributed by atoms with Crippen molar-refractivity contribution in [3.05, 3.63) is 44.8 Å². The predicted octanol–water partition coefficient (Wildman–Crippen LogP) is 4.14. The first kappa shape index (κ1) is 8.30. The lowest BCUT2D eigenvalue weighted by molar-refractivity contribution is 1.20. The second-order valence-electron chi connectivity index (χ2n) is 2.43. The van der Waals surface area contributed by atoms with Gasteiger partial charge in [-0.1, -0.05) is 6.07 Å². The Morgan fingerprint density at radius 1 is 1.25 bits per heavy atom. The van der Waals surface area contributed by atoms with Gasteiger partial charge in [0.1, 0.15) is 0 Å². The van der Waals surface area contributed by atoms with Gasteiger partial charge < -0.3 is 0 Å². The molecule has 2 heterocycles. The molecule has 12 heavy (non-hydrogen) atoms. The van der Waals surface area contributed by atoms with E-state index >= 15 is 0 Å². The highest BCUT2D eigenvalue weighted by Gasteiger charge is 2.10. The van der Waals surface area contributed by atoms with Gasteiger partial charge in [0.25, 0.3) is 0 Å². The summed E-state index contributed by atoms with van der Waals surface area (Å²) >= 11 is 9.62. The molecule has 0 aromatic carbocycles. The topological polar surface area (TPSA) is 0 Å². The number of hydrogen-bond donors (Lipinski definition) is 0. The van der Waals surface area contributed by atoms with E-state index in [9.17, 15) is 0 Å². The summed E-state index contributed by atoms with van der Waals surface area (Å²) in [6.07, 6.45) is 0. The third-order valence-corrected chi connectivity index (χ3v) is 3.88. The van der Waals surface area contributed by atoms with Crippen LogP contribution in [0.4, 0.5) is 0 Å². The molecule has 0 amide bonds. The van der Waals surface area contributed by atoms with Gasteiger partial charge in [-0.3, -0.25) is 0 Å². The highest BCUT2D eigenvalue weighted by atomic mass is 35.5. The molecule has 0 aliphatic heterocycles. The van der Waals surface area contributed by atoms with Crippen LogP contribution < -0.4 is 0 Å². The number of alkyl halides is 1. The normalized spacial score (nSPS) is 13.1. The summed E-state index contributed by atoms with van der Waals surface area (Å²) in [6.45, 7) is 0. The van der Waals surface area contributed by atoms with Gasteiger partial charge in [0.05, 0.1) is 5.38 Å². The Bertz CT molecular complexity index is 289. The molecule has 3 heteroatoms. The van der Waals surface area contributed by atoms with Gasteiger partial charge in [0, 0.05) is 4.88 Å². The average molecular weight is 215 g/mol. The van der Waals surface area contributed by atoms with Crippen LogP contribution in [0.25, 0.3) is 0 Å². The summed E-state index contributed by atoms with van der Waals surface area (Å²) in [5.74, 6) is 0. The zero-order valence-corrected chi connectivity index (χ0v) is 8.62. The van der Waals surface area contributed by atoms with E-state index in [1.165, 1.54) is 10.4 Å². The minimum Gasteiger partial charge on any atom is -0.152 e. The summed E-state index contributed by atoms with van der Waals surface area (Å²) in [7, 11) is 0. The van der Waals surface area contributed by atoms with Crippen LogP contribution in [0.3, 0.4) is 0 Å². The van der Waals surface area contributed by atoms with Crippen molar-refractivity contribution in [3.63, 3.8) is 0 Å². The van der Waals surface area contributed by atoms with Gasteiger partial charge in [-0.15, -0.1) is 22.9 Å². The van der Waals surface area contributed by atoms with E-state index < -0.39 is 0 Å². The molecular formula is C9H7ClS2. The van der Waals surface area contributed by atoms with Crippen LogP contribution in [0, 0.1) is 0 Å². The smallest absolute Gasteiger partial charge is 0.0935 e. The van der Waals surface area contributed by atoms with E-state index in [-0.39, 0.29) is 5.38 Å². The Morgan fingerprint density at radius 2 is 2.17 bits per heavy atom. The average Bonchev–Trinajstić information content (AvgIpc) is 2.77. The van der Waals surface area contributed by atoms with Crippen LogP contribution in [0.2, 0.25) is 0 Å². The monoisotopic (exact) mass is 214 g/mol. The highest BCUT2D eigenvalue weighted by Crippen LogP contribution is 2.32. The number of rotatable bonds is 2. The molecule has 2 aromatic heterocycles. The van der Waals surface area contributed by atoms with Crippen molar-refractivity contribution in [2.45, 2.75) is 5.38 Å². The molecule has 0 aliphatic carbocycles. The molecule has 0 N–H and O–H groups in total. The van der Waals surface area contributed by atoms with Crippen molar-refractivity contribution < 1.29 is 0 Å². The van der Waals surface area contributed by atoms with Crippen LogP contribution in [-0.4, -0.2) is 0 Å². The van der Waals surface area contributed by atoms with Crippen LogP contribution in [0.15, 0.2) is 34.3 Å². The Morgan fingerprint density at radius 3 is 2.75 bits per heavy atom. The first-order valence-electron chi connectivity index (χ1n) is 3.57. The van der Waals surface area contributed by atoms with Gasteiger partial charge in [-0.2, -0.15) is 11.3 Å². The molecule has 0 radical (unpaired) electrons. The fraction of sp³-hybridized carbons (Fsp3) is 0.111. The van der Waals surface area contributed by atoms with Crippen molar-refractivity contribution in [2.75, 3.05) is 0 Å². The number of hydrogen-bond acceptors (Lipinski definition) is 2. The van der Waals surface area contributed by atoms with Crippen molar-refractivity contribution in [3.8, 4) is 0 Å². The lowest BCUT2D eigenvalue weighted by Crippen LogP contribution is -1.85. The van der Waals surface area contributed by atoms with Crippen molar-refractivity contribution in [1.82, 2.24) is 0 Å². The third kappa shape index (κ3) is 1.56. The van der Waals surface area contributed by atoms with Crippen LogP contribution in [0.5, 0.6) is 0 Å². The van der Waals surface area contributed by atoms with E-state index in [0.29, 0.717) is 0 Å². The minimum absolute atomic E-state index is 0.0382. The van der Waals surface area contributed by atoms with Gasteiger partial charge in [-0.05, 0) is 33.8 Å². The molecule has 0 saturated carbocycles. The molecule has 1 unspecified atom stereocenters. The third-order valence-electron chi connectivity index (χ3n) is 1.63. The lowest BCUT2D eigenvalue weighted by atomic mass is 10.2. The molecular weight excluding hydrogens is 208 g/mol. The van der Waals surface area contributed by atoms with Gasteiger partial charge in [0.15, 0.2) is 0 Å². The largest absolute Gasteiger partial charge is 0.152 e. The van der Waals surface area contributed by atoms with Crippen LogP contribution >= 0.6 is 34.3 Å². The molecule has 0 saturated heterocycles. The quantitative estimate of drug-likeness (QED) is 0.660. The maximum atomic E-state index is 6.23. The summed E-state index contributed by atoms with van der Waals surface area (Å²) < 4.78 is 0. The zero-order chi connectivity index (χ0) is 8.39. The molecule has 0 spiro atoms. The molecule has 0 nitrogen and oxygen atoms in total. The first-order valence-corrected chi connectivity index (χ1v) is 5.83. The summed E-state index contributed by atoms with van der Waals surface area (Å²) in [6, 6.07) is 6.17. The molecule has 1 atom stereocenters. The summed E-state index contributed by atoms with van der Waals surface area (Å²) in [5, 5.41) is 6.24. The predicted molar refractivity (Wildman–Crippen MR) is 56.3 cm³/mol. The van der Waals surface area contributed by atoms with E-state index in [0.717, 1.165) is 0 Å². The molecule has 62 valence electrons. The number of halogens is 1. The minimum atomic E-state index is 0.0382. The van der Waals surface area contributed by atoms with Crippen LogP contribution in [-0.2, 0) is 0 Å². The van der Waals surface area contributed by atoms with Crippen molar-refractivity contribution >= 4 is 34.3 Å². The second-order valence-corrected chi connectivity index (χ2v) is 4.63. The van der Waals surface area contributed by atoms with E-state index in [1.54, 1.807) is 22.7 Å². The molecule has 2 rings (SSSR count). The summed E-state index contributed by atoms with van der Waals surface area (Å²) in [4.78, 5) is 1.22. The number of thiophene rings is 2. The maximum Gasteiger partial charge on any atom is 0.0935 e. The second kappa shape index (κ2) is 3.60. The Hall–Kier alpha value is -0.310. The Kier molecular flexibility index (Phi) is 2.49. The first-order chi connectivity index (χ1) is 5.88. The standard InChI is InChI=1S/C9H7ClS2/c10-9(7-3-5-11-6-7)8-2-1-4-12-8/h1-6,9H. The van der Waals surface area contributed by atoms with E-state index in [4.69, 9.17) is 11.6 Å². The maximum absolute atomic E-state index is 6.23.